The Labute approximate surface area is 87.8 Å². The molecule has 1 unspecified atom stereocenters. The molecule has 0 aromatic carbocycles. The van der Waals surface area contributed by atoms with Gasteiger partial charge in [0.2, 0.25) is 0 Å². The molecule has 0 radical (unpaired) electrons. The van der Waals surface area contributed by atoms with Crippen LogP contribution in [-0.2, 0) is 0 Å². The van der Waals surface area contributed by atoms with E-state index in [4.69, 9.17) is 0 Å². The van der Waals surface area contributed by atoms with Gasteiger partial charge in [0, 0.05) is 7.05 Å². The normalized spacial score (nSPS) is 14.8. The van der Waals surface area contributed by atoms with Gasteiger partial charge in [0.15, 0.2) is 0 Å². The third-order valence-corrected chi connectivity index (χ3v) is 2.06. The van der Waals surface area contributed by atoms with E-state index in [-0.39, 0.29) is 0 Å². The van der Waals surface area contributed by atoms with Gasteiger partial charge in [-0.25, -0.2) is 0 Å². The van der Waals surface area contributed by atoms with Crippen LogP contribution in [0.5, 0.6) is 0 Å². The number of nitrogens with zero attached hydrogens (tertiary/aromatic N) is 2. The molecule has 0 aliphatic heterocycles. The average molecular weight is 194 g/mol. The van der Waals surface area contributed by atoms with Crippen molar-refractivity contribution in [2.45, 2.75) is 45.6 Å². The Morgan fingerprint density at radius 1 is 1.14 bits per heavy atom. The third kappa shape index (κ3) is 7.71. The van der Waals surface area contributed by atoms with Gasteiger partial charge in [0.1, 0.15) is 0 Å². The van der Waals surface area contributed by atoms with E-state index in [0.29, 0.717) is 6.04 Å². The number of unbranched alkanes of at least 4 members (excludes halogenated alkanes) is 1. The highest BCUT2D eigenvalue weighted by atomic mass is 15.1. The summed E-state index contributed by atoms with van der Waals surface area (Å²) in [4.78, 5) is 0. The lowest BCUT2D eigenvalue weighted by molar-refractivity contribution is 0.625. The zero-order chi connectivity index (χ0) is 10.6. The fraction of sp³-hybridized carbons (Fsp3) is 0.667. The predicted octanol–water partition coefficient (Wildman–Crippen LogP) is 4.15. The smallest absolute Gasteiger partial charge is 0.0739 e. The highest BCUT2D eigenvalue weighted by Gasteiger charge is 1.99. The van der Waals surface area contributed by atoms with Crippen molar-refractivity contribution < 1.29 is 0 Å². The first-order chi connectivity index (χ1) is 6.85. The van der Waals surface area contributed by atoms with E-state index in [1.807, 2.05) is 0 Å². The summed E-state index contributed by atoms with van der Waals surface area (Å²) >= 11 is 0. The molecule has 0 aliphatic rings. The monoisotopic (exact) mass is 194 g/mol. The number of azo groups is 1. The Morgan fingerprint density at radius 3 is 2.43 bits per heavy atom. The molecule has 0 aromatic rings. The summed E-state index contributed by atoms with van der Waals surface area (Å²) in [7, 11) is 1.73. The SMILES string of the molecule is CC=CCCC=CCC(CC)N=NC. The Hall–Kier alpha value is -0.920. The maximum absolute atomic E-state index is 4.14. The van der Waals surface area contributed by atoms with Crippen molar-refractivity contribution >= 4 is 0 Å². The number of hydrogen-bond donors (Lipinski definition) is 0. The number of hydrogen-bond acceptors (Lipinski definition) is 2. The van der Waals surface area contributed by atoms with E-state index in [0.717, 1.165) is 25.7 Å². The third-order valence-electron chi connectivity index (χ3n) is 2.06. The molecule has 0 rings (SSSR count). The van der Waals surface area contributed by atoms with Gasteiger partial charge in [-0.2, -0.15) is 10.2 Å². The summed E-state index contributed by atoms with van der Waals surface area (Å²) in [6, 6.07) is 0.373. The highest BCUT2D eigenvalue weighted by molar-refractivity contribution is 4.88. The second-order valence-corrected chi connectivity index (χ2v) is 3.23. The molecule has 14 heavy (non-hydrogen) atoms. The lowest BCUT2D eigenvalue weighted by Crippen LogP contribution is -1.98. The predicted molar refractivity (Wildman–Crippen MR) is 62.7 cm³/mol. The van der Waals surface area contributed by atoms with Crippen molar-refractivity contribution in [3.63, 3.8) is 0 Å². The van der Waals surface area contributed by atoms with Crippen LogP contribution in [0.4, 0.5) is 0 Å². The second kappa shape index (κ2) is 10.2. The largest absolute Gasteiger partial charge is 0.197 e. The van der Waals surface area contributed by atoms with Crippen molar-refractivity contribution in [3.05, 3.63) is 24.3 Å². The average Bonchev–Trinajstić information content (AvgIpc) is 2.21. The van der Waals surface area contributed by atoms with Crippen LogP contribution in [0, 0.1) is 0 Å². The Bertz CT molecular complexity index is 192. The van der Waals surface area contributed by atoms with Crippen molar-refractivity contribution in [1.29, 1.82) is 0 Å². The van der Waals surface area contributed by atoms with Crippen LogP contribution in [0.3, 0.4) is 0 Å². The van der Waals surface area contributed by atoms with Crippen molar-refractivity contribution in [1.82, 2.24) is 0 Å². The van der Waals surface area contributed by atoms with Crippen molar-refractivity contribution in [2.75, 3.05) is 7.05 Å². The van der Waals surface area contributed by atoms with E-state index in [1.165, 1.54) is 0 Å². The van der Waals surface area contributed by atoms with Crippen LogP contribution in [0.15, 0.2) is 34.5 Å². The molecule has 0 N–H and O–H groups in total. The molecular weight excluding hydrogens is 172 g/mol. The summed E-state index contributed by atoms with van der Waals surface area (Å²) in [5.41, 5.74) is 0. The fourth-order valence-corrected chi connectivity index (χ4v) is 1.19. The number of allylic oxidation sites excluding steroid dienone is 3. The van der Waals surface area contributed by atoms with Gasteiger partial charge in [0.25, 0.3) is 0 Å². The Morgan fingerprint density at radius 2 is 1.86 bits per heavy atom. The summed E-state index contributed by atoms with van der Waals surface area (Å²) in [5.74, 6) is 0. The maximum atomic E-state index is 4.14. The molecule has 0 aromatic heterocycles. The van der Waals surface area contributed by atoms with Gasteiger partial charge in [-0.3, -0.25) is 0 Å². The van der Waals surface area contributed by atoms with Crippen LogP contribution in [0.25, 0.3) is 0 Å². The number of rotatable bonds is 7. The topological polar surface area (TPSA) is 24.7 Å². The summed E-state index contributed by atoms with van der Waals surface area (Å²) < 4.78 is 0. The molecule has 0 fully saturated rings. The lowest BCUT2D eigenvalue weighted by atomic mass is 10.1. The van der Waals surface area contributed by atoms with Gasteiger partial charge in [0.05, 0.1) is 6.04 Å². The molecule has 0 saturated heterocycles. The van der Waals surface area contributed by atoms with Gasteiger partial charge >= 0.3 is 0 Å². The molecule has 80 valence electrons. The fourth-order valence-electron chi connectivity index (χ4n) is 1.19. The Balaban J connectivity index is 3.57. The van der Waals surface area contributed by atoms with E-state index in [1.54, 1.807) is 7.05 Å². The van der Waals surface area contributed by atoms with Gasteiger partial charge in [-0.1, -0.05) is 31.2 Å². The quantitative estimate of drug-likeness (QED) is 0.330. The highest BCUT2D eigenvalue weighted by Crippen LogP contribution is 2.05. The van der Waals surface area contributed by atoms with E-state index in [2.05, 4.69) is 48.4 Å². The van der Waals surface area contributed by atoms with E-state index >= 15 is 0 Å². The minimum atomic E-state index is 0.373. The molecule has 0 saturated carbocycles. The maximum Gasteiger partial charge on any atom is 0.0739 e. The zero-order valence-electron chi connectivity index (χ0n) is 9.61. The lowest BCUT2D eigenvalue weighted by Gasteiger charge is -2.02. The molecule has 1 atom stereocenters. The van der Waals surface area contributed by atoms with E-state index < -0.39 is 0 Å². The van der Waals surface area contributed by atoms with Gasteiger partial charge in [-0.15, -0.1) is 0 Å². The minimum absolute atomic E-state index is 0.373. The molecule has 0 spiro atoms. The molecule has 2 nitrogen and oxygen atoms in total. The molecule has 0 aliphatic carbocycles. The first-order valence-electron chi connectivity index (χ1n) is 5.40. The molecular formula is C12H22N2. The van der Waals surface area contributed by atoms with Gasteiger partial charge in [-0.05, 0) is 32.6 Å². The minimum Gasteiger partial charge on any atom is -0.197 e. The Kier molecular flexibility index (Phi) is 9.49. The van der Waals surface area contributed by atoms with Gasteiger partial charge < -0.3 is 0 Å². The molecule has 0 heterocycles. The van der Waals surface area contributed by atoms with E-state index in [9.17, 15) is 0 Å². The van der Waals surface area contributed by atoms with Crippen molar-refractivity contribution in [2.24, 2.45) is 10.2 Å². The molecule has 0 amide bonds. The van der Waals surface area contributed by atoms with Crippen LogP contribution in [-0.4, -0.2) is 13.1 Å². The second-order valence-electron chi connectivity index (χ2n) is 3.23. The zero-order valence-corrected chi connectivity index (χ0v) is 9.61. The first kappa shape index (κ1) is 13.1. The van der Waals surface area contributed by atoms with Crippen molar-refractivity contribution in [3.8, 4) is 0 Å². The standard InChI is InChI=1S/C12H22N2/c1-4-6-7-8-9-10-11-12(5-2)14-13-3/h4,6,9-10,12H,5,7-8,11H2,1-3H3. The summed E-state index contributed by atoms with van der Waals surface area (Å²) in [6.07, 6.45) is 13.1. The van der Waals surface area contributed by atoms with Crippen LogP contribution < -0.4 is 0 Å². The summed E-state index contributed by atoms with van der Waals surface area (Å²) in [5, 5.41) is 7.95. The van der Waals surface area contributed by atoms with Crippen LogP contribution in [0.1, 0.15) is 39.5 Å². The molecule has 0 bridgehead atoms. The van der Waals surface area contributed by atoms with Crippen LogP contribution >= 0.6 is 0 Å². The molecule has 2 heteroatoms. The first-order valence-corrected chi connectivity index (χ1v) is 5.40. The van der Waals surface area contributed by atoms with Crippen LogP contribution in [0.2, 0.25) is 0 Å². The summed E-state index contributed by atoms with van der Waals surface area (Å²) in [6.45, 7) is 4.20.